The molecule has 0 radical (unpaired) electrons. The van der Waals surface area contributed by atoms with Crippen LogP contribution in [0.15, 0.2) is 48.7 Å². The van der Waals surface area contributed by atoms with Crippen LogP contribution in [0.25, 0.3) is 11.1 Å². The van der Waals surface area contributed by atoms with E-state index in [1.807, 2.05) is 0 Å². The summed E-state index contributed by atoms with van der Waals surface area (Å²) < 4.78 is 10.6. The van der Waals surface area contributed by atoms with E-state index in [1.165, 1.54) is 49.6 Å². The van der Waals surface area contributed by atoms with E-state index in [-0.39, 0.29) is 23.0 Å². The van der Waals surface area contributed by atoms with Crippen molar-refractivity contribution in [3.8, 4) is 23.0 Å². The van der Waals surface area contributed by atoms with Gasteiger partial charge in [0.2, 0.25) is 0 Å². The number of ether oxygens (including phenoxy) is 2. The number of phenols is 4. The molecule has 7 heteroatoms. The monoisotopic (exact) mass is 356 g/mol. The molecule has 3 rings (SSSR count). The van der Waals surface area contributed by atoms with E-state index < -0.39 is 12.3 Å². The highest BCUT2D eigenvalue weighted by Gasteiger charge is 2.25. The van der Waals surface area contributed by atoms with E-state index in [0.717, 1.165) is 0 Å². The van der Waals surface area contributed by atoms with Crippen molar-refractivity contribution < 1.29 is 34.7 Å². The molecular formula is C19H16O7. The molecule has 1 unspecified atom stereocenters. The fourth-order valence-corrected chi connectivity index (χ4v) is 2.61. The van der Waals surface area contributed by atoms with Gasteiger partial charge in [0, 0.05) is 30.2 Å². The highest BCUT2D eigenvalue weighted by Crippen LogP contribution is 2.36. The van der Waals surface area contributed by atoms with E-state index in [0.29, 0.717) is 22.3 Å². The van der Waals surface area contributed by atoms with Gasteiger partial charge in [0.1, 0.15) is 23.0 Å². The van der Waals surface area contributed by atoms with Gasteiger partial charge in [0.05, 0.1) is 6.26 Å². The smallest absolute Gasteiger partial charge is 0.305 e. The standard InChI is InChI=1S/C19H16O7/c1-10(20)26-19-18(12-4-16(23)8-17(24)5-12)6-13(9-25-19)11-2-14(21)7-15(22)3-11/h2-9,19,21-24H,1H3. The van der Waals surface area contributed by atoms with Crippen molar-refractivity contribution >= 4 is 17.1 Å². The summed E-state index contributed by atoms with van der Waals surface area (Å²) >= 11 is 0. The fraction of sp³-hybridized carbons (Fsp3) is 0.105. The summed E-state index contributed by atoms with van der Waals surface area (Å²) in [7, 11) is 0. The second-order valence-corrected chi connectivity index (χ2v) is 5.73. The van der Waals surface area contributed by atoms with Gasteiger partial charge in [-0.15, -0.1) is 0 Å². The Labute approximate surface area is 148 Å². The molecule has 0 aliphatic carbocycles. The Balaban J connectivity index is 2.08. The minimum atomic E-state index is -1.08. The molecule has 0 saturated carbocycles. The highest BCUT2D eigenvalue weighted by molar-refractivity contribution is 5.87. The van der Waals surface area contributed by atoms with Gasteiger partial charge in [-0.25, -0.2) is 0 Å². The van der Waals surface area contributed by atoms with Gasteiger partial charge in [-0.05, 0) is 41.5 Å². The summed E-state index contributed by atoms with van der Waals surface area (Å²) in [5.41, 5.74) is 1.69. The van der Waals surface area contributed by atoms with Crippen molar-refractivity contribution in [3.63, 3.8) is 0 Å². The van der Waals surface area contributed by atoms with Crippen LogP contribution in [0.4, 0.5) is 0 Å². The van der Waals surface area contributed by atoms with Crippen LogP contribution < -0.4 is 0 Å². The average Bonchev–Trinajstić information content (AvgIpc) is 2.52. The number of esters is 1. The topological polar surface area (TPSA) is 116 Å². The van der Waals surface area contributed by atoms with Crippen molar-refractivity contribution in [2.75, 3.05) is 0 Å². The maximum Gasteiger partial charge on any atom is 0.305 e. The number of allylic oxidation sites excluding steroid dienone is 2. The highest BCUT2D eigenvalue weighted by atomic mass is 16.7. The molecule has 7 nitrogen and oxygen atoms in total. The number of carbonyl (C=O) groups excluding carboxylic acids is 1. The Hall–Kier alpha value is -3.61. The number of hydrogen-bond donors (Lipinski definition) is 4. The first-order valence-electron chi connectivity index (χ1n) is 7.63. The fourth-order valence-electron chi connectivity index (χ4n) is 2.61. The molecule has 0 saturated heterocycles. The molecule has 0 fully saturated rings. The first-order valence-corrected chi connectivity index (χ1v) is 7.63. The first kappa shape index (κ1) is 17.2. The zero-order valence-electron chi connectivity index (χ0n) is 13.7. The van der Waals surface area contributed by atoms with E-state index in [2.05, 4.69) is 0 Å². The van der Waals surface area contributed by atoms with Crippen LogP contribution in [-0.2, 0) is 14.3 Å². The van der Waals surface area contributed by atoms with E-state index in [1.54, 1.807) is 6.08 Å². The lowest BCUT2D eigenvalue weighted by atomic mass is 9.97. The molecule has 2 aromatic rings. The number of hydrogen-bond acceptors (Lipinski definition) is 7. The van der Waals surface area contributed by atoms with Crippen LogP contribution in [0.2, 0.25) is 0 Å². The molecular weight excluding hydrogens is 340 g/mol. The number of phenolic OH excluding ortho intramolecular Hbond substituents is 4. The molecule has 2 aromatic carbocycles. The summed E-state index contributed by atoms with van der Waals surface area (Å²) in [4.78, 5) is 11.3. The quantitative estimate of drug-likeness (QED) is 0.625. The predicted molar refractivity (Wildman–Crippen MR) is 92.1 cm³/mol. The van der Waals surface area contributed by atoms with Gasteiger partial charge in [0.15, 0.2) is 0 Å². The molecule has 1 atom stereocenters. The number of benzene rings is 2. The number of carbonyl (C=O) groups is 1. The second-order valence-electron chi connectivity index (χ2n) is 5.73. The van der Waals surface area contributed by atoms with Crippen molar-refractivity contribution in [3.05, 3.63) is 59.9 Å². The Morgan fingerprint density at radius 2 is 1.38 bits per heavy atom. The summed E-state index contributed by atoms with van der Waals surface area (Å²) in [6, 6.07) is 7.97. The molecule has 0 bridgehead atoms. The third-order valence-electron chi connectivity index (χ3n) is 3.63. The summed E-state index contributed by atoms with van der Waals surface area (Å²) in [6.07, 6.45) is 1.86. The summed E-state index contributed by atoms with van der Waals surface area (Å²) in [6.45, 7) is 1.23. The van der Waals surface area contributed by atoms with Crippen LogP contribution >= 0.6 is 0 Å². The molecule has 0 aromatic heterocycles. The Morgan fingerprint density at radius 1 is 0.885 bits per heavy atom. The van der Waals surface area contributed by atoms with Gasteiger partial charge in [-0.3, -0.25) is 4.79 Å². The Morgan fingerprint density at radius 3 is 1.88 bits per heavy atom. The molecule has 0 amide bonds. The molecule has 26 heavy (non-hydrogen) atoms. The zero-order valence-corrected chi connectivity index (χ0v) is 13.7. The van der Waals surface area contributed by atoms with Crippen LogP contribution in [-0.4, -0.2) is 32.7 Å². The van der Waals surface area contributed by atoms with E-state index in [9.17, 15) is 25.2 Å². The normalized spacial score (nSPS) is 16.3. The van der Waals surface area contributed by atoms with Crippen molar-refractivity contribution in [1.82, 2.24) is 0 Å². The lowest BCUT2D eigenvalue weighted by Crippen LogP contribution is -2.22. The third kappa shape index (κ3) is 3.72. The SMILES string of the molecule is CC(=O)OC1OC=C(c2cc(O)cc(O)c2)C=C1c1cc(O)cc(O)c1. The third-order valence-corrected chi connectivity index (χ3v) is 3.63. The molecule has 0 spiro atoms. The van der Waals surface area contributed by atoms with Crippen molar-refractivity contribution in [2.45, 2.75) is 13.2 Å². The Bertz CT molecular complexity index is 887. The van der Waals surface area contributed by atoms with Crippen molar-refractivity contribution in [1.29, 1.82) is 0 Å². The first-order chi connectivity index (χ1) is 12.3. The average molecular weight is 356 g/mol. The van der Waals surface area contributed by atoms with Gasteiger partial charge in [-0.1, -0.05) is 0 Å². The number of rotatable bonds is 3. The molecule has 134 valence electrons. The summed E-state index contributed by atoms with van der Waals surface area (Å²) in [5, 5.41) is 38.8. The number of aromatic hydroxyl groups is 4. The molecule has 1 heterocycles. The molecule has 4 N–H and O–H groups in total. The Kier molecular flexibility index (Phi) is 4.45. The van der Waals surface area contributed by atoms with E-state index >= 15 is 0 Å². The van der Waals surface area contributed by atoms with Gasteiger partial charge < -0.3 is 29.9 Å². The lowest BCUT2D eigenvalue weighted by Gasteiger charge is -2.24. The van der Waals surface area contributed by atoms with Crippen LogP contribution in [0, 0.1) is 0 Å². The second kappa shape index (κ2) is 6.72. The lowest BCUT2D eigenvalue weighted by molar-refractivity contribution is -0.157. The zero-order chi connectivity index (χ0) is 18.8. The van der Waals surface area contributed by atoms with Crippen LogP contribution in [0.5, 0.6) is 23.0 Å². The summed E-state index contributed by atoms with van der Waals surface area (Å²) in [5.74, 6) is -1.18. The predicted octanol–water partition coefficient (Wildman–Crippen LogP) is 2.85. The minimum absolute atomic E-state index is 0.132. The van der Waals surface area contributed by atoms with Crippen LogP contribution in [0.3, 0.4) is 0 Å². The molecule has 1 aliphatic heterocycles. The maximum atomic E-state index is 11.3. The van der Waals surface area contributed by atoms with E-state index in [4.69, 9.17) is 9.47 Å². The maximum absolute atomic E-state index is 11.3. The largest absolute Gasteiger partial charge is 0.508 e. The van der Waals surface area contributed by atoms with Gasteiger partial charge in [0.25, 0.3) is 6.29 Å². The van der Waals surface area contributed by atoms with Crippen molar-refractivity contribution in [2.24, 2.45) is 0 Å². The van der Waals surface area contributed by atoms with Crippen LogP contribution in [0.1, 0.15) is 18.1 Å². The minimum Gasteiger partial charge on any atom is -0.508 e. The van der Waals surface area contributed by atoms with Gasteiger partial charge >= 0.3 is 5.97 Å². The molecule has 1 aliphatic rings. The van der Waals surface area contributed by atoms with Gasteiger partial charge in [-0.2, -0.15) is 0 Å².